The van der Waals surface area contributed by atoms with Crippen LogP contribution >= 0.6 is 0 Å². The predicted octanol–water partition coefficient (Wildman–Crippen LogP) is 6.86. The Bertz CT molecular complexity index is 1880. The van der Waals surface area contributed by atoms with Crippen LogP contribution in [0, 0.1) is 0 Å². The van der Waals surface area contributed by atoms with Gasteiger partial charge in [0.15, 0.2) is 5.78 Å². The Hall–Kier alpha value is -5.99. The molecule has 4 N–H and O–H groups in total. The Morgan fingerprint density at radius 1 is 0.612 bits per heavy atom. The molecule has 3 amide bonds. The molecule has 1 atom stereocenters. The summed E-state index contributed by atoms with van der Waals surface area (Å²) in [7, 11) is 0. The molecular weight excluding hydrogens is 660 g/mol. The zero-order valence-electron chi connectivity index (χ0n) is 25.2. The fourth-order valence-corrected chi connectivity index (χ4v) is 4.54. The van der Waals surface area contributed by atoms with Gasteiger partial charge in [0.2, 0.25) is 0 Å². The van der Waals surface area contributed by atoms with E-state index in [0.717, 1.165) is 18.2 Å². The zero-order chi connectivity index (χ0) is 36.1. The fourth-order valence-electron chi connectivity index (χ4n) is 4.54. The Labute approximate surface area is 273 Å². The van der Waals surface area contributed by atoms with Crippen molar-refractivity contribution in [1.82, 2.24) is 5.32 Å². The molecular formula is C34H25F6N3O6. The fraction of sp³-hybridized carbons (Fsp3) is 0.147. The second kappa shape index (κ2) is 14.4. The molecule has 0 aromatic heterocycles. The van der Waals surface area contributed by atoms with E-state index in [4.69, 9.17) is 0 Å². The van der Waals surface area contributed by atoms with Crippen molar-refractivity contribution in [1.29, 1.82) is 0 Å². The molecule has 0 spiro atoms. The number of carbonyl (C=O) groups is 5. The number of rotatable bonds is 10. The van der Waals surface area contributed by atoms with Crippen molar-refractivity contribution in [2.75, 3.05) is 10.6 Å². The maximum absolute atomic E-state index is 13.4. The number of nitrogens with one attached hydrogen (secondary N) is 3. The van der Waals surface area contributed by atoms with Crippen LogP contribution in [-0.2, 0) is 23.6 Å². The number of anilines is 2. The molecule has 0 aliphatic heterocycles. The SMILES string of the molecule is CC(=O)c1ccc(C(=O)Nc2cc(NC(=O)c3cc(C(F)(F)F)cc(C(F)(F)F)c3)cc(C(=O)N[C@@H](Cc3ccccc3)C(=O)O)c2)cc1. The van der Waals surface area contributed by atoms with E-state index < -0.39 is 58.8 Å². The summed E-state index contributed by atoms with van der Waals surface area (Å²) >= 11 is 0. The van der Waals surface area contributed by atoms with Gasteiger partial charge in [-0.3, -0.25) is 19.2 Å². The Balaban J connectivity index is 1.70. The van der Waals surface area contributed by atoms with Crippen LogP contribution in [0.15, 0.2) is 91.0 Å². The second-order valence-corrected chi connectivity index (χ2v) is 10.7. The largest absolute Gasteiger partial charge is 0.480 e. The van der Waals surface area contributed by atoms with Crippen LogP contribution in [-0.4, -0.2) is 40.6 Å². The topological polar surface area (TPSA) is 142 Å². The molecule has 0 fully saturated rings. The number of amides is 3. The highest BCUT2D eigenvalue weighted by Gasteiger charge is 2.37. The third kappa shape index (κ3) is 9.53. The number of halogens is 6. The number of carboxylic acids is 1. The summed E-state index contributed by atoms with van der Waals surface area (Å²) in [6.07, 6.45) is -10.6. The summed E-state index contributed by atoms with van der Waals surface area (Å²) in [5.74, 6) is -4.83. The highest BCUT2D eigenvalue weighted by atomic mass is 19.4. The number of hydrogen-bond acceptors (Lipinski definition) is 5. The van der Waals surface area contributed by atoms with Crippen LogP contribution in [0.3, 0.4) is 0 Å². The highest BCUT2D eigenvalue weighted by molar-refractivity contribution is 6.08. The molecule has 0 bridgehead atoms. The smallest absolute Gasteiger partial charge is 0.416 e. The summed E-state index contributed by atoms with van der Waals surface area (Å²) in [4.78, 5) is 62.9. The Morgan fingerprint density at radius 2 is 1.08 bits per heavy atom. The van der Waals surface area contributed by atoms with Gasteiger partial charge in [-0.25, -0.2) is 4.79 Å². The first kappa shape index (κ1) is 35.9. The van der Waals surface area contributed by atoms with Crippen LogP contribution in [0.1, 0.15) is 65.0 Å². The van der Waals surface area contributed by atoms with E-state index in [2.05, 4.69) is 16.0 Å². The van der Waals surface area contributed by atoms with Gasteiger partial charge in [-0.2, -0.15) is 26.3 Å². The predicted molar refractivity (Wildman–Crippen MR) is 164 cm³/mol. The maximum atomic E-state index is 13.4. The van der Waals surface area contributed by atoms with Gasteiger partial charge in [0.05, 0.1) is 11.1 Å². The molecule has 49 heavy (non-hydrogen) atoms. The molecule has 0 saturated carbocycles. The number of Topliss-reactive ketones (excluding diaryl/α,β-unsaturated/α-hetero) is 1. The quantitative estimate of drug-likeness (QED) is 0.106. The van der Waals surface area contributed by atoms with Crippen molar-refractivity contribution < 1.29 is 55.4 Å². The van der Waals surface area contributed by atoms with Crippen LogP contribution in [0.4, 0.5) is 37.7 Å². The molecule has 4 rings (SSSR count). The molecule has 0 heterocycles. The minimum atomic E-state index is -5.23. The van der Waals surface area contributed by atoms with Crippen molar-refractivity contribution in [3.8, 4) is 0 Å². The Kier molecular flexibility index (Phi) is 10.5. The van der Waals surface area contributed by atoms with Gasteiger partial charge in [0, 0.05) is 40.0 Å². The van der Waals surface area contributed by atoms with E-state index in [1.807, 2.05) is 0 Å². The molecule has 15 heteroatoms. The van der Waals surface area contributed by atoms with Gasteiger partial charge in [0.1, 0.15) is 6.04 Å². The third-order valence-corrected chi connectivity index (χ3v) is 7.00. The first-order valence-corrected chi connectivity index (χ1v) is 14.2. The van der Waals surface area contributed by atoms with Gasteiger partial charge in [-0.1, -0.05) is 42.5 Å². The number of carboxylic acid groups (broad SMARTS) is 1. The standard InChI is InChI=1S/C34H25F6N3O6/c1-18(44)20-7-9-21(10-8-20)29(45)41-26-14-23(31(47)43-28(32(48)49)11-19-5-3-2-4-6-19)15-27(17-26)42-30(46)22-12-24(33(35,36)37)16-25(13-22)34(38,39)40/h2-10,12-17,28H,11H2,1H3,(H,41,45)(H,42,46)(H,43,47)(H,48,49)/t28-/m0/s1. The average Bonchev–Trinajstić information content (AvgIpc) is 3.03. The monoisotopic (exact) mass is 685 g/mol. The van der Waals surface area contributed by atoms with E-state index >= 15 is 0 Å². The van der Waals surface area contributed by atoms with Crippen LogP contribution in [0.25, 0.3) is 0 Å². The van der Waals surface area contributed by atoms with Gasteiger partial charge < -0.3 is 21.1 Å². The molecule has 4 aromatic rings. The van der Waals surface area contributed by atoms with Gasteiger partial charge in [-0.05, 0) is 61.0 Å². The lowest BCUT2D eigenvalue weighted by Crippen LogP contribution is -2.42. The molecule has 0 saturated heterocycles. The molecule has 4 aromatic carbocycles. The van der Waals surface area contributed by atoms with Gasteiger partial charge in [0.25, 0.3) is 17.7 Å². The van der Waals surface area contributed by atoms with Crippen molar-refractivity contribution >= 4 is 40.8 Å². The molecule has 9 nitrogen and oxygen atoms in total. The van der Waals surface area contributed by atoms with Crippen molar-refractivity contribution in [2.45, 2.75) is 31.7 Å². The number of aliphatic carboxylic acids is 1. The van der Waals surface area contributed by atoms with E-state index in [0.29, 0.717) is 11.1 Å². The molecule has 0 aliphatic carbocycles. The lowest BCUT2D eigenvalue weighted by atomic mass is 10.0. The third-order valence-electron chi connectivity index (χ3n) is 7.00. The maximum Gasteiger partial charge on any atom is 0.416 e. The lowest BCUT2D eigenvalue weighted by Gasteiger charge is -2.17. The van der Waals surface area contributed by atoms with Crippen molar-refractivity contribution in [2.24, 2.45) is 0 Å². The summed E-state index contributed by atoms with van der Waals surface area (Å²) in [5, 5.41) is 16.7. The number of carbonyl (C=O) groups excluding carboxylic acids is 4. The molecule has 0 aliphatic rings. The first-order chi connectivity index (χ1) is 22.9. The number of alkyl halides is 6. The van der Waals surface area contributed by atoms with E-state index in [1.54, 1.807) is 30.3 Å². The molecule has 0 radical (unpaired) electrons. The highest BCUT2D eigenvalue weighted by Crippen LogP contribution is 2.36. The average molecular weight is 686 g/mol. The summed E-state index contributed by atoms with van der Waals surface area (Å²) < 4.78 is 80.4. The molecule has 0 unspecified atom stereocenters. The van der Waals surface area contributed by atoms with Crippen molar-refractivity contribution in [3.05, 3.63) is 130 Å². The van der Waals surface area contributed by atoms with Gasteiger partial charge in [-0.15, -0.1) is 0 Å². The number of ketones is 1. The molecule has 254 valence electrons. The van der Waals surface area contributed by atoms with Crippen molar-refractivity contribution in [3.63, 3.8) is 0 Å². The van der Waals surface area contributed by atoms with E-state index in [1.165, 1.54) is 31.2 Å². The second-order valence-electron chi connectivity index (χ2n) is 10.7. The van der Waals surface area contributed by atoms with E-state index in [9.17, 15) is 55.4 Å². The first-order valence-electron chi connectivity index (χ1n) is 14.2. The van der Waals surface area contributed by atoms with Crippen LogP contribution < -0.4 is 16.0 Å². The summed E-state index contributed by atoms with van der Waals surface area (Å²) in [6.45, 7) is 1.32. The normalized spacial score (nSPS) is 12.1. The zero-order valence-corrected chi connectivity index (χ0v) is 25.2. The lowest BCUT2D eigenvalue weighted by molar-refractivity contribution is -0.143. The van der Waals surface area contributed by atoms with Crippen LogP contribution in [0.5, 0.6) is 0 Å². The van der Waals surface area contributed by atoms with E-state index in [-0.39, 0.29) is 52.9 Å². The number of benzene rings is 4. The Morgan fingerprint density at radius 3 is 1.55 bits per heavy atom. The van der Waals surface area contributed by atoms with Gasteiger partial charge >= 0.3 is 18.3 Å². The number of hydrogen-bond donors (Lipinski definition) is 4. The van der Waals surface area contributed by atoms with Crippen LogP contribution in [0.2, 0.25) is 0 Å². The summed E-state index contributed by atoms with van der Waals surface area (Å²) in [6, 6.07) is 15.7. The summed E-state index contributed by atoms with van der Waals surface area (Å²) in [5.41, 5.74) is -4.39. The minimum Gasteiger partial charge on any atom is -0.480 e. The minimum absolute atomic E-state index is 0.0582.